The molecule has 1 aromatic carbocycles. The minimum Gasteiger partial charge on any atom is -0.489 e. The summed E-state index contributed by atoms with van der Waals surface area (Å²) < 4.78 is 10.6. The number of hydrogen-bond acceptors (Lipinski definition) is 4. The van der Waals surface area contributed by atoms with E-state index in [-0.39, 0.29) is 12.2 Å². The average Bonchev–Trinajstić information content (AvgIpc) is 2.22. The Balaban J connectivity index is 2.57. The Morgan fingerprint density at radius 1 is 1.37 bits per heavy atom. The van der Waals surface area contributed by atoms with Crippen LogP contribution in [0.1, 0.15) is 20.8 Å². The van der Waals surface area contributed by atoms with Gasteiger partial charge >= 0.3 is 5.97 Å². The largest absolute Gasteiger partial charge is 0.489 e. The minimum atomic E-state index is -0.555. The van der Waals surface area contributed by atoms with Crippen LogP contribution in [0.15, 0.2) is 30.4 Å². The highest BCUT2D eigenvalue weighted by molar-refractivity contribution is 6.31. The molecule has 19 heavy (non-hydrogen) atoms. The lowest BCUT2D eigenvalue weighted by molar-refractivity contribution is -0.150. The van der Waals surface area contributed by atoms with Crippen LogP contribution < -0.4 is 10.5 Å². The third-order valence-electron chi connectivity index (χ3n) is 1.99. The summed E-state index contributed by atoms with van der Waals surface area (Å²) in [6.45, 7) is 9.02. The van der Waals surface area contributed by atoms with Gasteiger partial charge in [-0.1, -0.05) is 18.2 Å². The van der Waals surface area contributed by atoms with Crippen molar-refractivity contribution in [3.8, 4) is 5.75 Å². The van der Waals surface area contributed by atoms with Gasteiger partial charge < -0.3 is 15.2 Å². The zero-order chi connectivity index (χ0) is 14.6. The summed E-state index contributed by atoms with van der Waals surface area (Å²) in [4.78, 5) is 11.7. The second-order valence-corrected chi connectivity index (χ2v) is 5.55. The van der Waals surface area contributed by atoms with Crippen LogP contribution in [-0.2, 0) is 9.53 Å². The molecule has 0 amide bonds. The van der Waals surface area contributed by atoms with E-state index in [9.17, 15) is 4.79 Å². The lowest BCUT2D eigenvalue weighted by atomic mass is 10.2. The molecular formula is C14H18ClNO3. The standard InChI is InChI=1S/C14H18ClNO3/c1-9(13(17)19-14(2,3)4)8-18-12-6-10(15)5-11(16)7-12/h5-7H,1,8,16H2,2-4H3. The van der Waals surface area contributed by atoms with Crippen molar-refractivity contribution in [2.75, 3.05) is 12.3 Å². The molecule has 0 radical (unpaired) electrons. The predicted molar refractivity (Wildman–Crippen MR) is 76.3 cm³/mol. The highest BCUT2D eigenvalue weighted by Gasteiger charge is 2.18. The maximum absolute atomic E-state index is 11.7. The van der Waals surface area contributed by atoms with Crippen molar-refractivity contribution in [2.24, 2.45) is 0 Å². The van der Waals surface area contributed by atoms with Crippen LogP contribution >= 0.6 is 11.6 Å². The number of ether oxygens (including phenoxy) is 2. The molecule has 1 rings (SSSR count). The summed E-state index contributed by atoms with van der Waals surface area (Å²) in [5, 5.41) is 0.470. The average molecular weight is 284 g/mol. The van der Waals surface area contributed by atoms with E-state index in [1.54, 1.807) is 39.0 Å². The number of nitrogens with two attached hydrogens (primary N) is 1. The number of halogens is 1. The molecule has 0 aliphatic carbocycles. The topological polar surface area (TPSA) is 61.5 Å². The van der Waals surface area contributed by atoms with Gasteiger partial charge in [0.15, 0.2) is 0 Å². The molecule has 0 aliphatic heterocycles. The maximum atomic E-state index is 11.7. The van der Waals surface area contributed by atoms with Crippen LogP contribution in [0.5, 0.6) is 5.75 Å². The van der Waals surface area contributed by atoms with Gasteiger partial charge in [0.2, 0.25) is 0 Å². The number of carbonyl (C=O) groups excluding carboxylic acids is 1. The fourth-order valence-electron chi connectivity index (χ4n) is 1.25. The van der Waals surface area contributed by atoms with Gasteiger partial charge in [0, 0.05) is 16.8 Å². The first-order chi connectivity index (χ1) is 8.67. The number of anilines is 1. The Hall–Kier alpha value is -1.68. The molecule has 0 atom stereocenters. The van der Waals surface area contributed by atoms with Gasteiger partial charge in [-0.15, -0.1) is 0 Å². The molecule has 0 bridgehead atoms. The van der Waals surface area contributed by atoms with Crippen molar-refractivity contribution in [2.45, 2.75) is 26.4 Å². The summed E-state index contributed by atoms with van der Waals surface area (Å²) in [5.41, 5.74) is 5.80. The first-order valence-electron chi connectivity index (χ1n) is 5.77. The van der Waals surface area contributed by atoms with Crippen LogP contribution in [0, 0.1) is 0 Å². The number of rotatable bonds is 4. The number of hydrogen-bond donors (Lipinski definition) is 1. The van der Waals surface area contributed by atoms with E-state index in [1.807, 2.05) is 0 Å². The monoisotopic (exact) mass is 283 g/mol. The van der Waals surface area contributed by atoms with Gasteiger partial charge in [-0.05, 0) is 32.9 Å². The normalized spacial score (nSPS) is 10.9. The Bertz CT molecular complexity index is 472. The molecule has 0 saturated carbocycles. The minimum absolute atomic E-state index is 0.0225. The van der Waals surface area contributed by atoms with E-state index in [4.69, 9.17) is 26.8 Å². The third-order valence-corrected chi connectivity index (χ3v) is 2.21. The van der Waals surface area contributed by atoms with Crippen LogP contribution in [-0.4, -0.2) is 18.2 Å². The lowest BCUT2D eigenvalue weighted by Crippen LogP contribution is -2.26. The molecule has 104 valence electrons. The molecule has 5 heteroatoms. The molecule has 0 saturated heterocycles. The summed E-state index contributed by atoms with van der Waals surface area (Å²) >= 11 is 5.84. The Morgan fingerprint density at radius 2 is 2.00 bits per heavy atom. The Kier molecular flexibility index (Phi) is 4.84. The van der Waals surface area contributed by atoms with Crippen molar-refractivity contribution >= 4 is 23.3 Å². The van der Waals surface area contributed by atoms with Crippen LogP contribution in [0.2, 0.25) is 5.02 Å². The smallest absolute Gasteiger partial charge is 0.337 e. The van der Waals surface area contributed by atoms with Crippen molar-refractivity contribution < 1.29 is 14.3 Å². The highest BCUT2D eigenvalue weighted by Crippen LogP contribution is 2.22. The molecule has 4 nitrogen and oxygen atoms in total. The number of carbonyl (C=O) groups is 1. The van der Waals surface area contributed by atoms with E-state index in [0.717, 1.165) is 0 Å². The first kappa shape index (κ1) is 15.4. The zero-order valence-corrected chi connectivity index (χ0v) is 12.1. The summed E-state index contributed by atoms with van der Waals surface area (Å²) in [7, 11) is 0. The Morgan fingerprint density at radius 3 is 2.53 bits per heavy atom. The SMILES string of the molecule is C=C(COc1cc(N)cc(Cl)c1)C(=O)OC(C)(C)C. The van der Waals surface area contributed by atoms with E-state index < -0.39 is 11.6 Å². The van der Waals surface area contributed by atoms with E-state index >= 15 is 0 Å². The van der Waals surface area contributed by atoms with Gasteiger partial charge in [-0.3, -0.25) is 0 Å². The van der Waals surface area contributed by atoms with Crippen molar-refractivity contribution in [3.63, 3.8) is 0 Å². The van der Waals surface area contributed by atoms with E-state index in [2.05, 4.69) is 6.58 Å². The van der Waals surface area contributed by atoms with E-state index in [1.165, 1.54) is 0 Å². The van der Waals surface area contributed by atoms with Crippen LogP contribution in [0.4, 0.5) is 5.69 Å². The molecule has 0 aliphatic rings. The van der Waals surface area contributed by atoms with Crippen molar-refractivity contribution in [3.05, 3.63) is 35.4 Å². The fourth-order valence-corrected chi connectivity index (χ4v) is 1.48. The quantitative estimate of drug-likeness (QED) is 0.524. The highest BCUT2D eigenvalue weighted by atomic mass is 35.5. The molecule has 1 aromatic rings. The van der Waals surface area contributed by atoms with E-state index in [0.29, 0.717) is 16.5 Å². The molecular weight excluding hydrogens is 266 g/mol. The predicted octanol–water partition coefficient (Wildman–Crippen LogP) is 3.20. The van der Waals surface area contributed by atoms with Gasteiger partial charge in [0.1, 0.15) is 18.0 Å². The molecule has 0 unspecified atom stereocenters. The summed E-state index contributed by atoms with van der Waals surface area (Å²) in [5.74, 6) is -0.00258. The molecule has 2 N–H and O–H groups in total. The Labute approximate surface area is 118 Å². The number of esters is 1. The molecule has 0 aromatic heterocycles. The van der Waals surface area contributed by atoms with Gasteiger partial charge in [0.25, 0.3) is 0 Å². The first-order valence-corrected chi connectivity index (χ1v) is 6.15. The van der Waals surface area contributed by atoms with Crippen molar-refractivity contribution in [1.82, 2.24) is 0 Å². The summed E-state index contributed by atoms with van der Waals surface area (Å²) in [6.07, 6.45) is 0. The fraction of sp³-hybridized carbons (Fsp3) is 0.357. The third kappa shape index (κ3) is 5.66. The maximum Gasteiger partial charge on any atom is 0.337 e. The summed E-state index contributed by atoms with van der Waals surface area (Å²) in [6, 6.07) is 4.84. The zero-order valence-electron chi connectivity index (χ0n) is 11.3. The molecule has 0 fully saturated rings. The van der Waals surface area contributed by atoms with Gasteiger partial charge in [0.05, 0.1) is 5.57 Å². The van der Waals surface area contributed by atoms with Gasteiger partial charge in [-0.2, -0.15) is 0 Å². The van der Waals surface area contributed by atoms with Crippen LogP contribution in [0.25, 0.3) is 0 Å². The molecule has 0 heterocycles. The van der Waals surface area contributed by atoms with Crippen LogP contribution in [0.3, 0.4) is 0 Å². The molecule has 0 spiro atoms. The van der Waals surface area contributed by atoms with Crippen molar-refractivity contribution in [1.29, 1.82) is 0 Å². The number of benzene rings is 1. The second-order valence-electron chi connectivity index (χ2n) is 5.11. The number of nitrogen functional groups attached to an aromatic ring is 1. The van der Waals surface area contributed by atoms with Gasteiger partial charge in [-0.25, -0.2) is 4.79 Å². The lowest BCUT2D eigenvalue weighted by Gasteiger charge is -2.20. The second kappa shape index (κ2) is 5.97.